The SMILES string of the molecule is CNC(=O)Oc1cc(CO)ccn1. The van der Waals surface area contributed by atoms with Gasteiger partial charge in [-0.05, 0) is 11.6 Å². The monoisotopic (exact) mass is 182 g/mol. The maximum absolute atomic E-state index is 10.7. The van der Waals surface area contributed by atoms with Gasteiger partial charge >= 0.3 is 6.09 Å². The van der Waals surface area contributed by atoms with E-state index in [1.165, 1.54) is 19.3 Å². The van der Waals surface area contributed by atoms with Gasteiger partial charge in [-0.25, -0.2) is 9.78 Å². The Morgan fingerprint density at radius 2 is 2.54 bits per heavy atom. The minimum Gasteiger partial charge on any atom is -0.392 e. The van der Waals surface area contributed by atoms with Crippen molar-refractivity contribution in [3.8, 4) is 5.88 Å². The Morgan fingerprint density at radius 1 is 1.77 bits per heavy atom. The van der Waals surface area contributed by atoms with Crippen LogP contribution in [0.1, 0.15) is 5.56 Å². The summed E-state index contributed by atoms with van der Waals surface area (Å²) in [7, 11) is 1.46. The van der Waals surface area contributed by atoms with E-state index in [0.29, 0.717) is 5.56 Å². The van der Waals surface area contributed by atoms with Crippen molar-refractivity contribution < 1.29 is 14.6 Å². The summed E-state index contributed by atoms with van der Waals surface area (Å²) in [6, 6.07) is 3.13. The van der Waals surface area contributed by atoms with Crippen LogP contribution in [0.25, 0.3) is 0 Å². The zero-order valence-corrected chi connectivity index (χ0v) is 7.15. The van der Waals surface area contributed by atoms with Crippen molar-refractivity contribution in [3.63, 3.8) is 0 Å². The van der Waals surface area contributed by atoms with Gasteiger partial charge in [0.05, 0.1) is 6.61 Å². The first-order valence-corrected chi connectivity index (χ1v) is 3.71. The average Bonchev–Trinajstić information content (AvgIpc) is 2.18. The van der Waals surface area contributed by atoms with Gasteiger partial charge < -0.3 is 15.2 Å². The number of carbonyl (C=O) groups excluding carboxylic acids is 1. The number of hydrogen-bond donors (Lipinski definition) is 2. The first-order valence-electron chi connectivity index (χ1n) is 3.71. The summed E-state index contributed by atoms with van der Waals surface area (Å²) in [5.74, 6) is 0.172. The van der Waals surface area contributed by atoms with Crippen molar-refractivity contribution in [1.29, 1.82) is 0 Å². The van der Waals surface area contributed by atoms with E-state index in [2.05, 4.69) is 10.3 Å². The zero-order chi connectivity index (χ0) is 9.68. The molecule has 0 aliphatic heterocycles. The Balaban J connectivity index is 2.71. The Labute approximate surface area is 75.4 Å². The van der Waals surface area contributed by atoms with E-state index < -0.39 is 6.09 Å². The lowest BCUT2D eigenvalue weighted by Gasteiger charge is -2.02. The number of nitrogens with one attached hydrogen (secondary N) is 1. The molecule has 2 N–H and O–H groups in total. The minimum atomic E-state index is -0.581. The molecular formula is C8H10N2O3. The third-order valence-electron chi connectivity index (χ3n) is 1.38. The summed E-state index contributed by atoms with van der Waals surface area (Å²) in [4.78, 5) is 14.5. The minimum absolute atomic E-state index is 0.105. The van der Waals surface area contributed by atoms with E-state index in [4.69, 9.17) is 9.84 Å². The molecule has 0 atom stereocenters. The molecule has 0 spiro atoms. The largest absolute Gasteiger partial charge is 0.413 e. The van der Waals surface area contributed by atoms with Gasteiger partial charge in [0.15, 0.2) is 0 Å². The third kappa shape index (κ3) is 2.72. The van der Waals surface area contributed by atoms with Crippen molar-refractivity contribution >= 4 is 6.09 Å². The maximum Gasteiger partial charge on any atom is 0.413 e. The Morgan fingerprint density at radius 3 is 3.15 bits per heavy atom. The van der Waals surface area contributed by atoms with E-state index in [-0.39, 0.29) is 12.5 Å². The summed E-state index contributed by atoms with van der Waals surface area (Å²) in [5, 5.41) is 11.1. The number of nitrogens with zero attached hydrogens (tertiary/aromatic N) is 1. The van der Waals surface area contributed by atoms with E-state index in [0.717, 1.165) is 0 Å². The first kappa shape index (κ1) is 9.47. The summed E-state index contributed by atoms with van der Waals surface area (Å²) < 4.78 is 4.73. The van der Waals surface area contributed by atoms with Crippen molar-refractivity contribution in [3.05, 3.63) is 23.9 Å². The molecule has 1 aromatic heterocycles. The second-order valence-electron chi connectivity index (χ2n) is 2.30. The van der Waals surface area contributed by atoms with Crippen LogP contribution in [-0.2, 0) is 6.61 Å². The topological polar surface area (TPSA) is 71.5 Å². The van der Waals surface area contributed by atoms with Gasteiger partial charge in [0.2, 0.25) is 5.88 Å². The highest BCUT2D eigenvalue weighted by atomic mass is 16.6. The molecule has 0 aliphatic rings. The highest BCUT2D eigenvalue weighted by Gasteiger charge is 2.02. The Bertz CT molecular complexity index is 301. The van der Waals surface area contributed by atoms with E-state index >= 15 is 0 Å². The second kappa shape index (κ2) is 4.42. The predicted octanol–water partition coefficient (Wildman–Crippen LogP) is 0.292. The molecule has 0 radical (unpaired) electrons. The first-order chi connectivity index (χ1) is 6.26. The van der Waals surface area contributed by atoms with Crippen LogP contribution in [0.2, 0.25) is 0 Å². The summed E-state index contributed by atoms with van der Waals surface area (Å²) in [6.07, 6.45) is 0.881. The van der Waals surface area contributed by atoms with Crippen LogP contribution in [0.5, 0.6) is 5.88 Å². The maximum atomic E-state index is 10.7. The van der Waals surface area contributed by atoms with E-state index in [9.17, 15) is 4.79 Å². The van der Waals surface area contributed by atoms with Crippen LogP contribution < -0.4 is 10.1 Å². The normalized spacial score (nSPS) is 9.38. The van der Waals surface area contributed by atoms with Crippen molar-refractivity contribution in [2.45, 2.75) is 6.61 Å². The molecule has 0 bridgehead atoms. The highest BCUT2D eigenvalue weighted by molar-refractivity contribution is 5.69. The van der Waals surface area contributed by atoms with Crippen LogP contribution >= 0.6 is 0 Å². The van der Waals surface area contributed by atoms with Gasteiger partial charge in [-0.3, -0.25) is 0 Å². The van der Waals surface area contributed by atoms with Gasteiger partial charge in [-0.15, -0.1) is 0 Å². The quantitative estimate of drug-likeness (QED) is 0.689. The van der Waals surface area contributed by atoms with Crippen LogP contribution in [-0.4, -0.2) is 23.2 Å². The molecule has 1 aromatic rings. The zero-order valence-electron chi connectivity index (χ0n) is 7.15. The standard InChI is InChI=1S/C8H10N2O3/c1-9-8(12)13-7-4-6(5-11)2-3-10-7/h2-4,11H,5H2,1H3,(H,9,12). The number of amides is 1. The average molecular weight is 182 g/mol. The fourth-order valence-electron chi connectivity index (χ4n) is 0.751. The van der Waals surface area contributed by atoms with Crippen LogP contribution in [0.3, 0.4) is 0 Å². The van der Waals surface area contributed by atoms with Crippen LogP contribution in [0.15, 0.2) is 18.3 Å². The number of aliphatic hydroxyl groups excluding tert-OH is 1. The van der Waals surface area contributed by atoms with Gasteiger partial charge in [0, 0.05) is 19.3 Å². The van der Waals surface area contributed by atoms with Crippen LogP contribution in [0, 0.1) is 0 Å². The molecule has 0 fully saturated rings. The molecule has 0 aromatic carbocycles. The number of ether oxygens (including phenoxy) is 1. The molecule has 0 aliphatic carbocycles. The molecule has 0 unspecified atom stereocenters. The van der Waals surface area contributed by atoms with Crippen LogP contribution in [0.4, 0.5) is 4.79 Å². The molecule has 5 heteroatoms. The van der Waals surface area contributed by atoms with Crippen molar-refractivity contribution in [1.82, 2.24) is 10.3 Å². The molecule has 0 saturated carbocycles. The number of carbonyl (C=O) groups is 1. The summed E-state index contributed by atoms with van der Waals surface area (Å²) >= 11 is 0. The summed E-state index contributed by atoms with van der Waals surface area (Å²) in [5.41, 5.74) is 0.647. The number of aromatic nitrogens is 1. The molecule has 5 nitrogen and oxygen atoms in total. The second-order valence-corrected chi connectivity index (χ2v) is 2.30. The predicted molar refractivity (Wildman–Crippen MR) is 45.2 cm³/mol. The Hall–Kier alpha value is -1.62. The highest BCUT2D eigenvalue weighted by Crippen LogP contribution is 2.08. The fraction of sp³-hybridized carbons (Fsp3) is 0.250. The lowest BCUT2D eigenvalue weighted by atomic mass is 10.3. The molecular weight excluding hydrogens is 172 g/mol. The molecule has 0 saturated heterocycles. The van der Waals surface area contributed by atoms with Gasteiger partial charge in [-0.1, -0.05) is 0 Å². The van der Waals surface area contributed by atoms with E-state index in [1.54, 1.807) is 6.07 Å². The third-order valence-corrected chi connectivity index (χ3v) is 1.38. The van der Waals surface area contributed by atoms with Crippen molar-refractivity contribution in [2.75, 3.05) is 7.05 Å². The number of rotatable bonds is 2. The molecule has 70 valence electrons. The lowest BCUT2D eigenvalue weighted by Crippen LogP contribution is -2.22. The van der Waals surface area contributed by atoms with Crippen molar-refractivity contribution in [2.24, 2.45) is 0 Å². The molecule has 13 heavy (non-hydrogen) atoms. The van der Waals surface area contributed by atoms with Gasteiger partial charge in [-0.2, -0.15) is 0 Å². The number of aliphatic hydroxyl groups is 1. The summed E-state index contributed by atoms with van der Waals surface area (Å²) in [6.45, 7) is -0.105. The molecule has 1 heterocycles. The fourth-order valence-corrected chi connectivity index (χ4v) is 0.751. The number of pyridine rings is 1. The smallest absolute Gasteiger partial charge is 0.392 e. The molecule has 1 amide bonds. The van der Waals surface area contributed by atoms with E-state index in [1.807, 2.05) is 0 Å². The lowest BCUT2D eigenvalue weighted by molar-refractivity contribution is 0.200. The number of hydrogen-bond acceptors (Lipinski definition) is 4. The molecule has 1 rings (SSSR count). The van der Waals surface area contributed by atoms with Gasteiger partial charge in [0.1, 0.15) is 0 Å². The Kier molecular flexibility index (Phi) is 3.22. The van der Waals surface area contributed by atoms with Gasteiger partial charge in [0.25, 0.3) is 0 Å².